The van der Waals surface area contributed by atoms with E-state index in [0.717, 1.165) is 32.0 Å². The van der Waals surface area contributed by atoms with Gasteiger partial charge in [0, 0.05) is 25.2 Å². The lowest BCUT2D eigenvalue weighted by Crippen LogP contribution is -2.47. The van der Waals surface area contributed by atoms with E-state index < -0.39 is 11.6 Å². The fourth-order valence-electron chi connectivity index (χ4n) is 2.76. The third kappa shape index (κ3) is 4.24. The minimum absolute atomic E-state index is 0.0541. The van der Waals surface area contributed by atoms with Crippen LogP contribution in [0.15, 0.2) is 18.2 Å². The van der Waals surface area contributed by atoms with Crippen molar-refractivity contribution >= 4 is 5.91 Å². The number of piperidine rings is 1. The summed E-state index contributed by atoms with van der Waals surface area (Å²) in [5, 5.41) is 3.12. The Labute approximate surface area is 124 Å². The highest BCUT2D eigenvalue weighted by atomic mass is 19.1. The Morgan fingerprint density at radius 1 is 1.10 bits per heavy atom. The number of amides is 1. The van der Waals surface area contributed by atoms with Crippen molar-refractivity contribution in [3.63, 3.8) is 0 Å². The Bertz CT molecular complexity index is 481. The molecule has 0 bridgehead atoms. The summed E-state index contributed by atoms with van der Waals surface area (Å²) in [7, 11) is 0. The molecule has 116 valence electrons. The smallest absolute Gasteiger partial charge is 0.239 e. The van der Waals surface area contributed by atoms with Crippen LogP contribution in [0.4, 0.5) is 8.78 Å². The number of halogens is 2. The summed E-state index contributed by atoms with van der Waals surface area (Å²) < 4.78 is 26.5. The molecule has 21 heavy (non-hydrogen) atoms. The number of likely N-dealkylation sites (tertiary alicyclic amines) is 1. The molecule has 0 radical (unpaired) electrons. The van der Waals surface area contributed by atoms with Crippen LogP contribution in [0.5, 0.6) is 0 Å². The third-order valence-corrected chi connectivity index (χ3v) is 3.92. The maximum atomic E-state index is 13.2. The molecule has 1 amide bonds. The second kappa shape index (κ2) is 6.98. The van der Waals surface area contributed by atoms with Crippen molar-refractivity contribution in [2.45, 2.75) is 45.2 Å². The van der Waals surface area contributed by atoms with Crippen LogP contribution < -0.4 is 5.32 Å². The molecule has 1 heterocycles. The number of nitrogens with zero attached hydrogens (tertiary/aromatic N) is 1. The molecule has 5 heteroatoms. The largest absolute Gasteiger partial charge is 0.341 e. The van der Waals surface area contributed by atoms with Crippen molar-refractivity contribution in [1.82, 2.24) is 10.2 Å². The summed E-state index contributed by atoms with van der Waals surface area (Å²) in [6, 6.07) is 2.76. The highest BCUT2D eigenvalue weighted by molar-refractivity contribution is 5.81. The first-order chi connectivity index (χ1) is 9.97. The van der Waals surface area contributed by atoms with E-state index in [1.807, 2.05) is 4.90 Å². The summed E-state index contributed by atoms with van der Waals surface area (Å²) in [6.45, 7) is 5.19. The molecule has 0 aliphatic carbocycles. The van der Waals surface area contributed by atoms with Crippen molar-refractivity contribution in [2.24, 2.45) is 0 Å². The van der Waals surface area contributed by atoms with Gasteiger partial charge in [-0.2, -0.15) is 0 Å². The number of nitrogens with one attached hydrogen (secondary N) is 1. The molecule has 0 spiro atoms. The van der Waals surface area contributed by atoms with Crippen molar-refractivity contribution in [3.8, 4) is 0 Å². The highest BCUT2D eigenvalue weighted by Gasteiger charge is 2.23. The summed E-state index contributed by atoms with van der Waals surface area (Å²) >= 11 is 0. The maximum Gasteiger partial charge on any atom is 0.239 e. The van der Waals surface area contributed by atoms with Gasteiger partial charge < -0.3 is 4.90 Å². The summed E-state index contributed by atoms with van der Waals surface area (Å²) in [6.07, 6.45) is 3.26. The molecule has 2 atom stereocenters. The van der Waals surface area contributed by atoms with Gasteiger partial charge in [0.1, 0.15) is 11.6 Å². The zero-order valence-corrected chi connectivity index (χ0v) is 12.5. The molecule has 1 aromatic carbocycles. The van der Waals surface area contributed by atoms with Crippen molar-refractivity contribution in [3.05, 3.63) is 35.4 Å². The lowest BCUT2D eigenvalue weighted by atomic mass is 10.1. The Hall–Kier alpha value is -1.49. The third-order valence-electron chi connectivity index (χ3n) is 3.92. The van der Waals surface area contributed by atoms with E-state index in [2.05, 4.69) is 5.32 Å². The lowest BCUT2D eigenvalue weighted by Gasteiger charge is -2.30. The molecule has 3 nitrogen and oxygen atoms in total. The number of carbonyl (C=O) groups is 1. The summed E-state index contributed by atoms with van der Waals surface area (Å²) in [5.41, 5.74) is 0.505. The average Bonchev–Trinajstić information content (AvgIpc) is 2.46. The van der Waals surface area contributed by atoms with Crippen LogP contribution >= 0.6 is 0 Å². The van der Waals surface area contributed by atoms with Gasteiger partial charge in [0.05, 0.1) is 6.04 Å². The van der Waals surface area contributed by atoms with E-state index in [4.69, 9.17) is 0 Å². The van der Waals surface area contributed by atoms with Crippen LogP contribution in [0.3, 0.4) is 0 Å². The van der Waals surface area contributed by atoms with Gasteiger partial charge in [-0.3, -0.25) is 10.1 Å². The fourth-order valence-corrected chi connectivity index (χ4v) is 2.76. The van der Waals surface area contributed by atoms with Gasteiger partial charge in [-0.25, -0.2) is 8.78 Å². The van der Waals surface area contributed by atoms with Gasteiger partial charge in [-0.15, -0.1) is 0 Å². The van der Waals surface area contributed by atoms with Gasteiger partial charge in [-0.1, -0.05) is 0 Å². The topological polar surface area (TPSA) is 32.3 Å². The first-order valence-electron chi connectivity index (χ1n) is 7.48. The number of hydrogen-bond donors (Lipinski definition) is 1. The van der Waals surface area contributed by atoms with E-state index in [-0.39, 0.29) is 18.0 Å². The first-order valence-corrected chi connectivity index (χ1v) is 7.48. The maximum absolute atomic E-state index is 13.2. The highest BCUT2D eigenvalue weighted by Crippen LogP contribution is 2.17. The van der Waals surface area contributed by atoms with Crippen molar-refractivity contribution in [1.29, 1.82) is 0 Å². The fraction of sp³-hybridized carbons (Fsp3) is 0.562. The molecule has 1 aromatic rings. The standard InChI is InChI=1S/C16H22F2N2O/c1-11(13-8-14(17)10-15(18)9-13)19-12(2)16(21)20-6-4-3-5-7-20/h8-12,19H,3-7H2,1-2H3. The van der Waals surface area contributed by atoms with E-state index in [9.17, 15) is 13.6 Å². The van der Waals surface area contributed by atoms with E-state index >= 15 is 0 Å². The Balaban J connectivity index is 1.97. The Morgan fingerprint density at radius 2 is 1.67 bits per heavy atom. The number of benzene rings is 1. The molecular weight excluding hydrogens is 274 g/mol. The van der Waals surface area contributed by atoms with E-state index in [0.29, 0.717) is 5.56 Å². The minimum atomic E-state index is -0.603. The SMILES string of the molecule is CC(NC(C)c1cc(F)cc(F)c1)C(=O)N1CCCCC1. The number of carbonyl (C=O) groups excluding carboxylic acids is 1. The molecule has 2 rings (SSSR count). The summed E-state index contributed by atoms with van der Waals surface area (Å²) in [4.78, 5) is 14.2. The molecular formula is C16H22F2N2O. The van der Waals surface area contributed by atoms with Gasteiger partial charge in [0.15, 0.2) is 0 Å². The molecule has 1 aliphatic heterocycles. The predicted molar refractivity (Wildman–Crippen MR) is 77.8 cm³/mol. The molecule has 1 saturated heterocycles. The van der Waals surface area contributed by atoms with Crippen LogP contribution in [0.25, 0.3) is 0 Å². The van der Waals surface area contributed by atoms with E-state index in [1.165, 1.54) is 18.6 Å². The van der Waals surface area contributed by atoms with Crippen LogP contribution in [0.1, 0.15) is 44.7 Å². The molecule has 2 unspecified atom stereocenters. The average molecular weight is 296 g/mol. The van der Waals surface area contributed by atoms with Crippen molar-refractivity contribution < 1.29 is 13.6 Å². The van der Waals surface area contributed by atoms with Crippen LogP contribution in [-0.4, -0.2) is 29.9 Å². The van der Waals surface area contributed by atoms with Crippen molar-refractivity contribution in [2.75, 3.05) is 13.1 Å². The van der Waals surface area contributed by atoms with Gasteiger partial charge >= 0.3 is 0 Å². The van der Waals surface area contributed by atoms with Gasteiger partial charge in [-0.05, 0) is 50.8 Å². The minimum Gasteiger partial charge on any atom is -0.341 e. The predicted octanol–water partition coefficient (Wildman–Crippen LogP) is 3.02. The lowest BCUT2D eigenvalue weighted by molar-refractivity contribution is -0.134. The Morgan fingerprint density at radius 3 is 2.24 bits per heavy atom. The second-order valence-electron chi connectivity index (χ2n) is 5.70. The zero-order chi connectivity index (χ0) is 15.4. The normalized spacial score (nSPS) is 18.4. The summed E-state index contributed by atoms with van der Waals surface area (Å²) in [5.74, 6) is -1.15. The van der Waals surface area contributed by atoms with E-state index in [1.54, 1.807) is 13.8 Å². The zero-order valence-electron chi connectivity index (χ0n) is 12.5. The molecule has 0 aromatic heterocycles. The second-order valence-corrected chi connectivity index (χ2v) is 5.70. The monoisotopic (exact) mass is 296 g/mol. The molecule has 1 fully saturated rings. The van der Waals surface area contributed by atoms with Crippen LogP contribution in [0.2, 0.25) is 0 Å². The molecule has 1 aliphatic rings. The van der Waals surface area contributed by atoms with Crippen LogP contribution in [-0.2, 0) is 4.79 Å². The van der Waals surface area contributed by atoms with Crippen LogP contribution in [0, 0.1) is 11.6 Å². The van der Waals surface area contributed by atoms with Gasteiger partial charge in [0.25, 0.3) is 0 Å². The first kappa shape index (κ1) is 15.9. The number of rotatable bonds is 4. The molecule has 1 N–H and O–H groups in total. The number of hydrogen-bond acceptors (Lipinski definition) is 2. The Kier molecular flexibility index (Phi) is 5.28. The molecule has 0 saturated carbocycles. The van der Waals surface area contributed by atoms with Gasteiger partial charge in [0.2, 0.25) is 5.91 Å². The quantitative estimate of drug-likeness (QED) is 0.926.